The van der Waals surface area contributed by atoms with E-state index in [4.69, 9.17) is 0 Å². The number of halogens is 2. The van der Waals surface area contributed by atoms with Gasteiger partial charge < -0.3 is 20.3 Å². The summed E-state index contributed by atoms with van der Waals surface area (Å²) in [6, 6.07) is 2.35. The van der Waals surface area contributed by atoms with Gasteiger partial charge in [-0.05, 0) is 26.0 Å². The molecule has 154 valence electrons. The van der Waals surface area contributed by atoms with Gasteiger partial charge in [-0.15, -0.1) is 0 Å². The third kappa shape index (κ3) is 3.65. The summed E-state index contributed by atoms with van der Waals surface area (Å²) in [6.07, 6.45) is 0.908. The number of rotatable bonds is 6. The summed E-state index contributed by atoms with van der Waals surface area (Å²) < 4.78 is 28.4. The second-order valence-electron chi connectivity index (χ2n) is 6.92. The van der Waals surface area contributed by atoms with Crippen LogP contribution in [0.4, 0.5) is 8.78 Å². The van der Waals surface area contributed by atoms with E-state index in [0.29, 0.717) is 31.0 Å². The highest BCUT2D eigenvalue weighted by atomic mass is 19.1. The fourth-order valence-corrected chi connectivity index (χ4v) is 3.78. The number of benzene rings is 1. The molecule has 0 saturated carbocycles. The summed E-state index contributed by atoms with van der Waals surface area (Å²) in [7, 11) is 0. The Morgan fingerprint density at radius 1 is 1.38 bits per heavy atom. The molecule has 0 spiro atoms. The molecule has 2 atom stereocenters. The third-order valence-electron chi connectivity index (χ3n) is 5.05. The van der Waals surface area contributed by atoms with Crippen LogP contribution in [0.3, 0.4) is 0 Å². The summed E-state index contributed by atoms with van der Waals surface area (Å²) in [5.74, 6) is -3.19. The minimum Gasteiger partial charge on any atom is -0.503 e. The lowest BCUT2D eigenvalue weighted by Crippen LogP contribution is -2.34. The first kappa shape index (κ1) is 20.7. The molecule has 2 aromatic rings. The molecule has 3 N–H and O–H groups in total. The van der Waals surface area contributed by atoms with Crippen molar-refractivity contribution in [2.24, 2.45) is 0 Å². The molecule has 0 unspecified atom stereocenters. The molecule has 0 radical (unpaired) electrons. The number of aldehydes is 1. The normalized spacial score (nSPS) is 17.8. The van der Waals surface area contributed by atoms with Crippen molar-refractivity contribution in [3.8, 4) is 5.75 Å². The smallest absolute Gasteiger partial charge is 0.257 e. The van der Waals surface area contributed by atoms with Crippen LogP contribution in [-0.2, 0) is 6.54 Å². The van der Waals surface area contributed by atoms with Gasteiger partial charge in [0, 0.05) is 24.2 Å². The first-order valence-corrected chi connectivity index (χ1v) is 9.22. The quantitative estimate of drug-likeness (QED) is 0.640. The van der Waals surface area contributed by atoms with Gasteiger partial charge in [0.15, 0.2) is 12.0 Å². The van der Waals surface area contributed by atoms with Crippen LogP contribution in [-0.4, -0.2) is 28.4 Å². The zero-order valence-electron chi connectivity index (χ0n) is 16.0. The summed E-state index contributed by atoms with van der Waals surface area (Å²) in [4.78, 5) is 37.0. The number of hydrogen-bond donors (Lipinski definition) is 3. The lowest BCUT2D eigenvalue weighted by Gasteiger charge is -2.19. The second-order valence-corrected chi connectivity index (χ2v) is 6.92. The van der Waals surface area contributed by atoms with Gasteiger partial charge in [0.1, 0.15) is 22.9 Å². The first-order chi connectivity index (χ1) is 13.8. The molecular formula is C20H21F2N3O4. The van der Waals surface area contributed by atoms with Crippen LogP contribution in [0.1, 0.15) is 64.5 Å². The van der Waals surface area contributed by atoms with Crippen LogP contribution in [0.2, 0.25) is 0 Å². The van der Waals surface area contributed by atoms with Gasteiger partial charge in [0.2, 0.25) is 5.43 Å². The molecular weight excluding hydrogens is 384 g/mol. The summed E-state index contributed by atoms with van der Waals surface area (Å²) in [5, 5.41) is 15.8. The van der Waals surface area contributed by atoms with Crippen LogP contribution >= 0.6 is 0 Å². The molecule has 7 nitrogen and oxygen atoms in total. The summed E-state index contributed by atoms with van der Waals surface area (Å²) >= 11 is 0. The Hall–Kier alpha value is -3.07. The molecule has 0 bridgehead atoms. The molecule has 9 heteroatoms. The highest BCUT2D eigenvalue weighted by Crippen LogP contribution is 2.38. The lowest BCUT2D eigenvalue weighted by molar-refractivity contribution is 0.0945. The van der Waals surface area contributed by atoms with Crippen molar-refractivity contribution in [3.05, 3.63) is 62.6 Å². The second kappa shape index (κ2) is 8.12. The first-order valence-electron chi connectivity index (χ1n) is 9.22. The monoisotopic (exact) mass is 405 g/mol. The molecule has 1 aromatic carbocycles. The molecule has 1 amide bonds. The average Bonchev–Trinajstić information content (AvgIpc) is 2.98. The number of carbonyl (C=O) groups is 2. The number of fused-ring (bicyclic) bond motifs is 1. The van der Waals surface area contributed by atoms with Gasteiger partial charge >= 0.3 is 0 Å². The van der Waals surface area contributed by atoms with E-state index in [1.165, 1.54) is 10.6 Å². The fraction of sp³-hybridized carbons (Fsp3) is 0.350. The summed E-state index contributed by atoms with van der Waals surface area (Å²) in [5.41, 5.74) is -1.10. The Labute approximate surface area is 165 Å². The van der Waals surface area contributed by atoms with E-state index in [1.54, 1.807) is 0 Å². The van der Waals surface area contributed by atoms with Gasteiger partial charge in [0.05, 0.1) is 11.7 Å². The molecule has 3 rings (SSSR count). The molecule has 0 fully saturated rings. The number of hydrogen-bond acceptors (Lipinski definition) is 5. The van der Waals surface area contributed by atoms with E-state index in [0.717, 1.165) is 6.07 Å². The number of aromatic hydroxyl groups is 1. The molecule has 1 aromatic heterocycles. The number of nitrogens with one attached hydrogen (secondary N) is 2. The summed E-state index contributed by atoms with van der Waals surface area (Å²) in [6.45, 7) is 3.96. The van der Waals surface area contributed by atoms with Gasteiger partial charge in [-0.25, -0.2) is 8.78 Å². The van der Waals surface area contributed by atoms with E-state index < -0.39 is 28.7 Å². The predicted octanol–water partition coefficient (Wildman–Crippen LogP) is 2.19. The van der Waals surface area contributed by atoms with Crippen molar-refractivity contribution < 1.29 is 23.5 Å². The Morgan fingerprint density at radius 2 is 2.10 bits per heavy atom. The van der Waals surface area contributed by atoms with Crippen LogP contribution in [0.15, 0.2) is 23.0 Å². The minimum absolute atomic E-state index is 0.0434. The largest absolute Gasteiger partial charge is 0.503 e. The molecule has 29 heavy (non-hydrogen) atoms. The van der Waals surface area contributed by atoms with Crippen LogP contribution in [0, 0.1) is 11.6 Å². The standard InChI is InChI=1S/C20H21F2N3O4/c1-3-23-14-6-10(2)25-15(9-26)18(27)19(28)16(17(14)25)20(29)24-8-11-4-5-12(21)7-13(11)22/h4-5,7,9-10,14,23,27H,3,6,8H2,1-2H3,(H,24,29)/t10-,14-/m0/s1. The van der Waals surface area contributed by atoms with E-state index in [2.05, 4.69) is 10.6 Å². The number of pyridine rings is 1. The maximum atomic E-state index is 13.8. The van der Waals surface area contributed by atoms with Crippen molar-refractivity contribution in [1.82, 2.24) is 15.2 Å². The van der Waals surface area contributed by atoms with Crippen molar-refractivity contribution >= 4 is 12.2 Å². The van der Waals surface area contributed by atoms with Crippen LogP contribution in [0.5, 0.6) is 5.75 Å². The topological polar surface area (TPSA) is 100 Å². The Bertz CT molecular complexity index is 1040. The highest BCUT2D eigenvalue weighted by Gasteiger charge is 2.37. The van der Waals surface area contributed by atoms with Crippen molar-refractivity contribution in [2.45, 2.75) is 38.9 Å². The number of carbonyl (C=O) groups excluding carboxylic acids is 2. The molecule has 1 aliphatic heterocycles. The zero-order chi connectivity index (χ0) is 21.3. The Morgan fingerprint density at radius 3 is 2.72 bits per heavy atom. The predicted molar refractivity (Wildman–Crippen MR) is 101 cm³/mol. The van der Waals surface area contributed by atoms with E-state index in [9.17, 15) is 28.3 Å². The third-order valence-corrected chi connectivity index (χ3v) is 5.05. The van der Waals surface area contributed by atoms with E-state index >= 15 is 0 Å². The van der Waals surface area contributed by atoms with Gasteiger partial charge in [-0.2, -0.15) is 0 Å². The number of nitrogens with zero attached hydrogens (tertiary/aromatic N) is 1. The number of aromatic nitrogens is 1. The Balaban J connectivity index is 2.04. The number of amides is 1. The highest BCUT2D eigenvalue weighted by molar-refractivity contribution is 5.97. The fourth-order valence-electron chi connectivity index (χ4n) is 3.78. The van der Waals surface area contributed by atoms with Crippen molar-refractivity contribution in [2.75, 3.05) is 6.54 Å². The maximum absolute atomic E-state index is 13.8. The molecule has 2 heterocycles. The minimum atomic E-state index is -0.965. The van der Waals surface area contributed by atoms with Gasteiger partial charge in [-0.1, -0.05) is 13.0 Å². The molecule has 0 saturated heterocycles. The van der Waals surface area contributed by atoms with E-state index in [1.807, 2.05) is 13.8 Å². The van der Waals surface area contributed by atoms with Crippen LogP contribution in [0.25, 0.3) is 0 Å². The molecule has 1 aliphatic rings. The Kier molecular flexibility index (Phi) is 5.78. The zero-order valence-corrected chi connectivity index (χ0v) is 16.0. The van der Waals surface area contributed by atoms with Gasteiger partial charge in [-0.3, -0.25) is 14.4 Å². The lowest BCUT2D eigenvalue weighted by atomic mass is 10.0. The molecule has 0 aliphatic carbocycles. The van der Waals surface area contributed by atoms with E-state index in [-0.39, 0.29) is 35.4 Å². The average molecular weight is 405 g/mol. The van der Waals surface area contributed by atoms with Crippen molar-refractivity contribution in [3.63, 3.8) is 0 Å². The van der Waals surface area contributed by atoms with Gasteiger partial charge in [0.25, 0.3) is 5.91 Å². The van der Waals surface area contributed by atoms with Crippen LogP contribution < -0.4 is 16.1 Å². The SMILES string of the molecule is CCN[C@H]1C[C@H](C)n2c(C=O)c(O)c(=O)c(C(=O)NCc3ccc(F)cc3F)c21. The van der Waals surface area contributed by atoms with Crippen molar-refractivity contribution in [1.29, 1.82) is 0 Å². The maximum Gasteiger partial charge on any atom is 0.257 e.